The minimum Gasteiger partial charge on any atom is -0.497 e. The minimum absolute atomic E-state index is 0.00538. The fourth-order valence-corrected chi connectivity index (χ4v) is 9.53. The van der Waals surface area contributed by atoms with Gasteiger partial charge in [-0.2, -0.15) is 5.26 Å². The van der Waals surface area contributed by atoms with Crippen molar-refractivity contribution in [3.8, 4) is 17.6 Å². The van der Waals surface area contributed by atoms with Crippen molar-refractivity contribution < 1.29 is 28.4 Å². The van der Waals surface area contributed by atoms with Crippen molar-refractivity contribution in [3.63, 3.8) is 0 Å². The number of benzene rings is 3. The Bertz CT molecular complexity index is 2260. The molecule has 1 aromatic heterocycles. The molecule has 4 aromatic rings. The van der Waals surface area contributed by atoms with Gasteiger partial charge < -0.3 is 28.4 Å². The molecule has 0 radical (unpaired) electrons. The quantitative estimate of drug-likeness (QED) is 0.0490. The molecule has 338 valence electrons. The van der Waals surface area contributed by atoms with Crippen LogP contribution in [0.15, 0.2) is 118 Å². The van der Waals surface area contributed by atoms with E-state index in [-0.39, 0.29) is 43.8 Å². The highest BCUT2D eigenvalue weighted by Crippen LogP contribution is 2.46. The monoisotopic (exact) mass is 880 g/mol. The number of methoxy groups -OCH3 is 2. The van der Waals surface area contributed by atoms with E-state index in [0.717, 1.165) is 35.1 Å². The highest BCUT2D eigenvalue weighted by Gasteiger charge is 2.45. The van der Waals surface area contributed by atoms with E-state index in [1.54, 1.807) is 27.3 Å². The first-order chi connectivity index (χ1) is 30.1. The zero-order chi connectivity index (χ0) is 45.8. The Morgan fingerprint density at radius 2 is 1.49 bits per heavy atom. The van der Waals surface area contributed by atoms with E-state index >= 15 is 0 Å². The lowest BCUT2D eigenvalue weighted by atomic mass is 9.79. The summed E-state index contributed by atoms with van der Waals surface area (Å²) in [4.78, 5) is 39.1. The normalized spacial score (nSPS) is 17.8. The summed E-state index contributed by atoms with van der Waals surface area (Å²) in [6.45, 7) is 15.8. The summed E-state index contributed by atoms with van der Waals surface area (Å²) in [5.41, 5.74) is 3.13. The largest absolute Gasteiger partial charge is 0.497 e. The molecule has 2 unspecified atom stereocenters. The summed E-state index contributed by atoms with van der Waals surface area (Å²) >= 11 is 0. The maximum atomic E-state index is 14.3. The molecule has 1 aliphatic heterocycles. The van der Waals surface area contributed by atoms with Crippen LogP contribution in [0.1, 0.15) is 96.2 Å². The Balaban J connectivity index is 1.59. The lowest BCUT2D eigenvalue weighted by Crippen LogP contribution is -2.42. The number of allylic oxidation sites excluding steroid dienone is 4. The Morgan fingerprint density at radius 3 is 2.02 bits per heavy atom. The second-order valence-electron chi connectivity index (χ2n) is 17.0. The predicted molar refractivity (Wildman–Crippen MR) is 249 cm³/mol. The van der Waals surface area contributed by atoms with Crippen molar-refractivity contribution in [2.45, 2.75) is 111 Å². The van der Waals surface area contributed by atoms with Crippen LogP contribution in [-0.2, 0) is 26.1 Å². The zero-order valence-electron chi connectivity index (χ0n) is 38.5. The average molecular weight is 881 g/mol. The summed E-state index contributed by atoms with van der Waals surface area (Å²) in [6.07, 6.45) is 6.00. The molecule has 0 amide bonds. The molecular formula is C50H65N4O8P. The average Bonchev–Trinajstić information content (AvgIpc) is 3.69. The molecule has 1 saturated heterocycles. The third kappa shape index (κ3) is 11.8. The fraction of sp³-hybridized carbons (Fsp3) is 0.460. The van der Waals surface area contributed by atoms with Crippen molar-refractivity contribution in [3.05, 3.63) is 151 Å². The van der Waals surface area contributed by atoms with Crippen molar-refractivity contribution in [1.82, 2.24) is 13.8 Å². The molecule has 1 N–H and O–H groups in total. The first-order valence-electron chi connectivity index (χ1n) is 21.7. The van der Waals surface area contributed by atoms with Crippen LogP contribution in [0.5, 0.6) is 11.5 Å². The summed E-state index contributed by atoms with van der Waals surface area (Å²) < 4.78 is 36.0. The Morgan fingerprint density at radius 1 is 0.921 bits per heavy atom. The number of nitrogens with zero attached hydrogens (tertiary/aromatic N) is 4. The molecule has 5 atom stereocenters. The molecular weight excluding hydrogens is 816 g/mol. The number of rotatable bonds is 21. The van der Waals surface area contributed by atoms with Gasteiger partial charge in [0.1, 0.15) is 23.3 Å². The topological polar surface area (TPSA) is 137 Å². The van der Waals surface area contributed by atoms with Crippen LogP contribution in [-0.4, -0.2) is 64.3 Å². The van der Waals surface area contributed by atoms with Crippen LogP contribution >= 0.6 is 8.53 Å². The molecule has 0 saturated carbocycles. The highest BCUT2D eigenvalue weighted by molar-refractivity contribution is 7.43. The van der Waals surface area contributed by atoms with Gasteiger partial charge in [0.25, 0.3) is 14.1 Å². The minimum atomic E-state index is -2.02. The molecule has 0 spiro atoms. The molecule has 2 heterocycles. The molecule has 1 fully saturated rings. The molecule has 63 heavy (non-hydrogen) atoms. The maximum Gasteiger partial charge on any atom is 0.333 e. The SMILES string of the molecule is COc1ccc(C(OC[C@@H]2O[C@@H](n3cc(C)c(=O)n(CC=C(C)CCC=C(C)C)c3=O)C[C@H]2C(C#N)COP(O)N(C(C)C)C(C)C)(c2ccccc2)c2ccc(OC)cc2)cc1. The molecule has 5 rings (SSSR count). The van der Waals surface area contributed by atoms with Crippen molar-refractivity contribution in [2.24, 2.45) is 11.8 Å². The lowest BCUT2D eigenvalue weighted by molar-refractivity contribution is -0.0882. The van der Waals surface area contributed by atoms with Gasteiger partial charge in [-0.3, -0.25) is 13.9 Å². The van der Waals surface area contributed by atoms with E-state index in [0.29, 0.717) is 17.1 Å². The number of hydrogen-bond acceptors (Lipinski definition) is 10. The van der Waals surface area contributed by atoms with E-state index < -0.39 is 44.0 Å². The number of aromatic nitrogens is 2. The van der Waals surface area contributed by atoms with E-state index in [1.165, 1.54) is 14.7 Å². The molecule has 1 aliphatic rings. The van der Waals surface area contributed by atoms with Gasteiger partial charge in [0.15, 0.2) is 0 Å². The van der Waals surface area contributed by atoms with Gasteiger partial charge >= 0.3 is 5.69 Å². The van der Waals surface area contributed by atoms with Gasteiger partial charge in [-0.15, -0.1) is 0 Å². The zero-order valence-corrected chi connectivity index (χ0v) is 39.4. The van der Waals surface area contributed by atoms with E-state index in [1.807, 2.05) is 124 Å². The van der Waals surface area contributed by atoms with Gasteiger partial charge in [-0.25, -0.2) is 9.46 Å². The molecule has 12 nitrogen and oxygen atoms in total. The Hall–Kier alpha value is -4.86. The standard InChI is InChI=1S/C50H65N4O8P/c1-34(2)15-14-16-37(7)27-28-52-48(55)38(8)31-53(49(52)56)47-29-45(39(30-51)32-61-63(57)54(35(3)4)36(5)6)46(62-47)33-60-50(40-17-12-11-13-18-40,41-19-23-43(58-9)24-20-41)42-21-25-44(59-10)26-22-42/h11-13,15,17-27,31,35-36,39,45-47,57H,14,16,28-29,32-33H2,1-10H3/t39?,45-,46-,47+,63?/m0/s1. The van der Waals surface area contributed by atoms with E-state index in [4.69, 9.17) is 23.5 Å². The summed E-state index contributed by atoms with van der Waals surface area (Å²) in [5, 5.41) is 10.8. The molecule has 13 heteroatoms. The smallest absolute Gasteiger partial charge is 0.333 e. The van der Waals surface area contributed by atoms with Crippen LogP contribution < -0.4 is 20.7 Å². The van der Waals surface area contributed by atoms with Crippen LogP contribution in [0, 0.1) is 30.1 Å². The Kier molecular flexibility index (Phi) is 17.7. The third-order valence-corrected chi connectivity index (χ3v) is 13.3. The summed E-state index contributed by atoms with van der Waals surface area (Å²) in [6, 6.07) is 27.8. The van der Waals surface area contributed by atoms with Crippen LogP contribution in [0.4, 0.5) is 0 Å². The molecule has 0 aliphatic carbocycles. The van der Waals surface area contributed by atoms with Gasteiger partial charge in [0, 0.05) is 36.3 Å². The summed E-state index contributed by atoms with van der Waals surface area (Å²) in [7, 11) is 1.22. The van der Waals surface area contributed by atoms with Gasteiger partial charge in [0.05, 0.1) is 45.5 Å². The second-order valence-corrected chi connectivity index (χ2v) is 18.2. The Labute approximate surface area is 374 Å². The number of ether oxygens (including phenoxy) is 4. The molecule has 0 bridgehead atoms. The maximum absolute atomic E-state index is 14.3. The highest BCUT2D eigenvalue weighted by atomic mass is 31.2. The summed E-state index contributed by atoms with van der Waals surface area (Å²) in [5.74, 6) is 0.0929. The van der Waals surface area contributed by atoms with Crippen molar-refractivity contribution in [1.29, 1.82) is 5.26 Å². The van der Waals surface area contributed by atoms with Gasteiger partial charge in [-0.05, 0) is 116 Å². The van der Waals surface area contributed by atoms with Crippen molar-refractivity contribution >= 4 is 8.53 Å². The first-order valence-corrected chi connectivity index (χ1v) is 22.9. The number of hydrogen-bond donors (Lipinski definition) is 1. The second kappa shape index (κ2) is 22.7. The third-order valence-electron chi connectivity index (χ3n) is 11.6. The van der Waals surface area contributed by atoms with Crippen LogP contribution in [0.3, 0.4) is 0 Å². The van der Waals surface area contributed by atoms with Crippen LogP contribution in [0.2, 0.25) is 0 Å². The van der Waals surface area contributed by atoms with E-state index in [2.05, 4.69) is 26.0 Å². The van der Waals surface area contributed by atoms with E-state index in [9.17, 15) is 19.7 Å². The predicted octanol–water partition coefficient (Wildman–Crippen LogP) is 9.44. The fourth-order valence-electron chi connectivity index (χ4n) is 8.31. The van der Waals surface area contributed by atoms with Gasteiger partial charge in [-0.1, -0.05) is 77.9 Å². The first kappa shape index (κ1) is 49.2. The molecule has 3 aromatic carbocycles. The van der Waals surface area contributed by atoms with Crippen molar-refractivity contribution in [2.75, 3.05) is 27.4 Å². The van der Waals surface area contributed by atoms with Crippen LogP contribution in [0.25, 0.3) is 0 Å². The number of aryl methyl sites for hydroxylation is 1. The van der Waals surface area contributed by atoms with Gasteiger partial charge in [0.2, 0.25) is 0 Å². The number of nitriles is 1. The lowest BCUT2D eigenvalue weighted by Gasteiger charge is -2.37.